The van der Waals surface area contributed by atoms with Crippen LogP contribution in [0.25, 0.3) is 11.8 Å². The van der Waals surface area contributed by atoms with Crippen molar-refractivity contribution in [3.05, 3.63) is 77.4 Å². The van der Waals surface area contributed by atoms with Crippen LogP contribution >= 0.6 is 10.2 Å². The zero-order chi connectivity index (χ0) is 27.2. The zero-order valence-corrected chi connectivity index (χ0v) is 21.6. The fraction of sp³-hybridized carbons (Fsp3) is 0.333. The molecule has 1 fully saturated rings. The Morgan fingerprint density at radius 3 is 2.46 bits per heavy atom. The van der Waals surface area contributed by atoms with Crippen LogP contribution < -0.4 is 4.74 Å². The van der Waals surface area contributed by atoms with Crippen LogP contribution in [0.2, 0.25) is 0 Å². The van der Waals surface area contributed by atoms with Crippen molar-refractivity contribution in [2.24, 2.45) is 5.16 Å². The number of imidazole rings is 1. The molecule has 0 amide bonds. The number of nitrogens with zero attached hydrogens (tertiary/aromatic N) is 4. The fourth-order valence-electron chi connectivity index (χ4n) is 4.87. The molecular weight excluding hydrogens is 539 g/mol. The number of aryl methyl sites for hydroxylation is 1. The first-order valence-electron chi connectivity index (χ1n) is 12.0. The van der Waals surface area contributed by atoms with E-state index in [1.54, 1.807) is 13.4 Å². The Bertz CT molecular complexity index is 1420. The van der Waals surface area contributed by atoms with Crippen LogP contribution in [-0.4, -0.2) is 40.5 Å². The number of amidine groups is 1. The Morgan fingerprint density at radius 1 is 1.08 bits per heavy atom. The van der Waals surface area contributed by atoms with Gasteiger partial charge in [-0.05, 0) is 66.8 Å². The quantitative estimate of drug-likeness (QED) is 0.289. The van der Waals surface area contributed by atoms with Gasteiger partial charge in [-0.25, -0.2) is 4.98 Å². The number of piperidine rings is 1. The van der Waals surface area contributed by atoms with Crippen LogP contribution in [0.4, 0.5) is 19.4 Å². The number of hydrogen-bond donors (Lipinski definition) is 0. The van der Waals surface area contributed by atoms with Gasteiger partial charge in [-0.2, -0.15) is 0 Å². The lowest BCUT2D eigenvalue weighted by atomic mass is 9.95. The molecule has 1 unspecified atom stereocenters. The molecule has 0 saturated carbocycles. The first-order chi connectivity index (χ1) is 17.8. The third-order valence-corrected chi connectivity index (χ3v) is 7.82. The van der Waals surface area contributed by atoms with Crippen LogP contribution in [0.3, 0.4) is 0 Å². The van der Waals surface area contributed by atoms with Crippen LogP contribution in [0, 0.1) is 6.92 Å². The van der Waals surface area contributed by atoms with Gasteiger partial charge in [-0.3, -0.25) is 0 Å². The van der Waals surface area contributed by atoms with Crippen molar-refractivity contribution in [3.63, 3.8) is 0 Å². The molecule has 12 heteroatoms. The highest BCUT2D eigenvalue weighted by molar-refractivity contribution is 8.45. The Balaban J connectivity index is 0.00000353. The number of fused-ring (bicyclic) bond motifs is 1. The molecule has 2 aliphatic heterocycles. The predicted octanol–water partition coefficient (Wildman–Crippen LogP) is 8.44. The van der Waals surface area contributed by atoms with Crippen molar-refractivity contribution >= 4 is 22.1 Å². The molecular formula is C27H31F5N4O2S. The summed E-state index contributed by atoms with van der Waals surface area (Å²) in [5.41, 5.74) is 4.00. The van der Waals surface area contributed by atoms with Gasteiger partial charge >= 0.3 is 10.2 Å². The maximum Gasteiger partial charge on any atom is 0.310 e. The standard InChI is InChI=1S/C26H27F5N4O2S.CH4/c1-18-16-34(17-32-18)24-10-5-19(15-25(24)36-2)14-21-4-3-12-35-23(11-13-37-33-26(21)35)20-6-8-22(9-7-20)38(27,28,29,30)31;/h5-10,14-17,23H,3-4,11-13H2,1-2H3;1H4/b21-14+;. The van der Waals surface area contributed by atoms with Crippen molar-refractivity contribution < 1.29 is 29.0 Å². The average molecular weight is 571 g/mol. The van der Waals surface area contributed by atoms with E-state index >= 15 is 0 Å². The van der Waals surface area contributed by atoms with Crippen LogP contribution in [0.1, 0.15) is 49.6 Å². The van der Waals surface area contributed by atoms with Gasteiger partial charge in [0.15, 0.2) is 5.84 Å². The molecule has 5 rings (SSSR count). The number of ether oxygens (including phenoxy) is 1. The lowest BCUT2D eigenvalue weighted by molar-refractivity contribution is 0.140. The SMILES string of the molecule is C.COc1cc(/C=C2\CCCN3C2=NOCCC3c2ccc(S(F)(F)(F)(F)F)cc2)ccc1-n1cnc(C)c1. The summed E-state index contributed by atoms with van der Waals surface area (Å²) in [5, 5.41) is 4.32. The molecule has 0 bridgehead atoms. The van der Waals surface area contributed by atoms with E-state index in [2.05, 4.69) is 10.1 Å². The minimum Gasteiger partial charge on any atom is -0.495 e. The molecule has 2 aromatic carbocycles. The smallest absolute Gasteiger partial charge is 0.310 e. The first-order valence-corrected chi connectivity index (χ1v) is 14.0. The topological polar surface area (TPSA) is 51.9 Å². The van der Waals surface area contributed by atoms with E-state index in [0.717, 1.165) is 47.5 Å². The van der Waals surface area contributed by atoms with Crippen LogP contribution in [0.15, 0.2) is 70.6 Å². The molecule has 3 heterocycles. The van der Waals surface area contributed by atoms with Crippen molar-refractivity contribution in [2.45, 2.75) is 44.6 Å². The normalized spacial score (nSPS) is 20.5. The predicted molar refractivity (Wildman–Crippen MR) is 144 cm³/mol. The van der Waals surface area contributed by atoms with E-state index in [-0.39, 0.29) is 20.1 Å². The monoisotopic (exact) mass is 570 g/mol. The summed E-state index contributed by atoms with van der Waals surface area (Å²) in [5.74, 6) is 1.24. The number of aromatic nitrogens is 2. The maximum absolute atomic E-state index is 13.2. The highest BCUT2D eigenvalue weighted by atomic mass is 32.5. The van der Waals surface area contributed by atoms with Crippen molar-refractivity contribution in [2.75, 3.05) is 20.3 Å². The second-order valence-electron chi connectivity index (χ2n) is 9.41. The first kappa shape index (κ1) is 28.5. The summed E-state index contributed by atoms with van der Waals surface area (Å²) < 4.78 is 73.6. The van der Waals surface area contributed by atoms with E-state index in [1.807, 2.05) is 46.9 Å². The highest BCUT2D eigenvalue weighted by Gasteiger charge is 2.65. The molecule has 2 aliphatic rings. The number of benzene rings is 2. The number of methoxy groups -OCH3 is 1. The zero-order valence-electron chi connectivity index (χ0n) is 20.8. The molecule has 6 nitrogen and oxygen atoms in total. The summed E-state index contributed by atoms with van der Waals surface area (Å²) in [6.45, 7) is 2.75. The molecule has 0 aliphatic carbocycles. The number of halogens is 5. The minimum atomic E-state index is -9.74. The van der Waals surface area contributed by atoms with Crippen LogP contribution in [-0.2, 0) is 4.84 Å². The van der Waals surface area contributed by atoms with Crippen molar-refractivity contribution in [3.8, 4) is 11.4 Å². The third-order valence-electron chi connectivity index (χ3n) is 6.66. The molecule has 39 heavy (non-hydrogen) atoms. The summed E-state index contributed by atoms with van der Waals surface area (Å²) in [4.78, 5) is 9.85. The molecule has 1 saturated heterocycles. The number of oxime groups is 1. The second kappa shape index (κ2) is 9.58. The third kappa shape index (κ3) is 6.05. The Morgan fingerprint density at radius 2 is 1.82 bits per heavy atom. The van der Waals surface area contributed by atoms with E-state index < -0.39 is 15.1 Å². The van der Waals surface area contributed by atoms with E-state index in [9.17, 15) is 19.4 Å². The fourth-order valence-corrected chi connectivity index (χ4v) is 5.52. The Kier molecular flexibility index (Phi) is 6.99. The number of hydrogen-bond acceptors (Lipinski definition) is 5. The van der Waals surface area contributed by atoms with Gasteiger partial charge in [0.05, 0.1) is 30.9 Å². The highest BCUT2D eigenvalue weighted by Crippen LogP contribution is 3.02. The van der Waals surface area contributed by atoms with Gasteiger partial charge in [0.1, 0.15) is 17.3 Å². The van der Waals surface area contributed by atoms with Gasteiger partial charge < -0.3 is 19.0 Å². The Hall–Kier alpha value is -3.54. The van der Waals surface area contributed by atoms with Gasteiger partial charge in [0.2, 0.25) is 0 Å². The lowest BCUT2D eigenvalue weighted by Gasteiger charge is -2.41. The van der Waals surface area contributed by atoms with E-state index in [0.29, 0.717) is 42.2 Å². The molecule has 212 valence electrons. The largest absolute Gasteiger partial charge is 0.495 e. The minimum absolute atomic E-state index is 0. The van der Waals surface area contributed by atoms with Crippen molar-refractivity contribution in [1.82, 2.24) is 14.5 Å². The molecule has 1 aromatic heterocycles. The summed E-state index contributed by atoms with van der Waals surface area (Å²) in [6, 6.07) is 8.61. The molecule has 0 N–H and O–H groups in total. The molecule has 0 spiro atoms. The summed E-state index contributed by atoms with van der Waals surface area (Å²) >= 11 is 0. The molecule has 3 aromatic rings. The summed E-state index contributed by atoms with van der Waals surface area (Å²) in [6.07, 6.45) is 7.55. The summed E-state index contributed by atoms with van der Waals surface area (Å²) in [7, 11) is -8.14. The van der Waals surface area contributed by atoms with E-state index in [1.165, 1.54) is 0 Å². The van der Waals surface area contributed by atoms with Gasteiger partial charge in [0, 0.05) is 19.2 Å². The molecule has 1 atom stereocenters. The Labute approximate surface area is 224 Å². The average Bonchev–Trinajstić information content (AvgIpc) is 3.17. The maximum atomic E-state index is 13.2. The van der Waals surface area contributed by atoms with Gasteiger partial charge in [-0.15, -0.1) is 0 Å². The number of rotatable bonds is 5. The lowest BCUT2D eigenvalue weighted by Crippen LogP contribution is -2.39. The van der Waals surface area contributed by atoms with Crippen LogP contribution in [0.5, 0.6) is 5.75 Å². The van der Waals surface area contributed by atoms with Gasteiger partial charge in [-0.1, -0.05) is 50.2 Å². The van der Waals surface area contributed by atoms with E-state index in [4.69, 9.17) is 9.57 Å². The van der Waals surface area contributed by atoms with Gasteiger partial charge in [0.25, 0.3) is 0 Å². The second-order valence-corrected chi connectivity index (χ2v) is 11.8. The van der Waals surface area contributed by atoms with Crippen molar-refractivity contribution in [1.29, 1.82) is 0 Å². The molecule has 0 radical (unpaired) electrons.